The van der Waals surface area contributed by atoms with Gasteiger partial charge in [-0.25, -0.2) is 0 Å². The molecule has 2 N–H and O–H groups in total. The van der Waals surface area contributed by atoms with Crippen molar-refractivity contribution in [1.82, 2.24) is 0 Å². The molecule has 2 aliphatic heterocycles. The van der Waals surface area contributed by atoms with E-state index in [0.29, 0.717) is 6.54 Å². The molecule has 0 aromatic heterocycles. The summed E-state index contributed by atoms with van der Waals surface area (Å²) >= 11 is 0. The van der Waals surface area contributed by atoms with Gasteiger partial charge >= 0.3 is 0 Å². The van der Waals surface area contributed by atoms with Gasteiger partial charge in [0.15, 0.2) is 0 Å². The van der Waals surface area contributed by atoms with E-state index < -0.39 is 0 Å². The van der Waals surface area contributed by atoms with Crippen LogP contribution in [0.25, 0.3) is 0 Å². The van der Waals surface area contributed by atoms with Crippen LogP contribution in [0.15, 0.2) is 24.4 Å². The highest BCUT2D eigenvalue weighted by Gasteiger charge is 2.32. The Hall–Kier alpha value is -1.32. The van der Waals surface area contributed by atoms with Crippen molar-refractivity contribution in [2.24, 2.45) is 5.73 Å². The molecule has 1 unspecified atom stereocenters. The first-order valence-corrected chi connectivity index (χ1v) is 7.12. The molecule has 0 saturated carbocycles. The van der Waals surface area contributed by atoms with Crippen LogP contribution in [0.5, 0.6) is 0 Å². The van der Waals surface area contributed by atoms with E-state index in [0.717, 1.165) is 25.1 Å². The van der Waals surface area contributed by atoms with Gasteiger partial charge in [-0.2, -0.15) is 0 Å². The SMILES string of the molecule is C=C1Cc2c(CN)cc(C)cc2N1C1CCCCO1. The van der Waals surface area contributed by atoms with Crippen LogP contribution >= 0.6 is 0 Å². The summed E-state index contributed by atoms with van der Waals surface area (Å²) in [6.45, 7) is 7.82. The van der Waals surface area contributed by atoms with E-state index in [2.05, 4.69) is 30.5 Å². The van der Waals surface area contributed by atoms with Crippen LogP contribution in [0.2, 0.25) is 0 Å². The number of nitrogens with zero attached hydrogens (tertiary/aromatic N) is 1. The number of fused-ring (bicyclic) bond motifs is 1. The molecule has 1 saturated heterocycles. The second kappa shape index (κ2) is 4.99. The number of ether oxygens (including phenoxy) is 1. The first-order chi connectivity index (χ1) is 9.20. The summed E-state index contributed by atoms with van der Waals surface area (Å²) in [5.41, 5.74) is 12.1. The Balaban J connectivity index is 2.00. The van der Waals surface area contributed by atoms with Crippen molar-refractivity contribution in [1.29, 1.82) is 0 Å². The van der Waals surface area contributed by atoms with Crippen LogP contribution in [0, 0.1) is 6.92 Å². The summed E-state index contributed by atoms with van der Waals surface area (Å²) in [6.07, 6.45) is 4.56. The highest BCUT2D eigenvalue weighted by molar-refractivity contribution is 5.68. The molecule has 1 atom stereocenters. The topological polar surface area (TPSA) is 38.5 Å². The van der Waals surface area contributed by atoms with Crippen LogP contribution < -0.4 is 10.6 Å². The lowest BCUT2D eigenvalue weighted by Gasteiger charge is -2.34. The van der Waals surface area contributed by atoms with Crippen molar-refractivity contribution >= 4 is 5.69 Å². The number of hydrogen-bond acceptors (Lipinski definition) is 3. The van der Waals surface area contributed by atoms with Gasteiger partial charge in [0.05, 0.1) is 0 Å². The van der Waals surface area contributed by atoms with Crippen molar-refractivity contribution in [3.05, 3.63) is 41.1 Å². The summed E-state index contributed by atoms with van der Waals surface area (Å²) in [4.78, 5) is 2.29. The largest absolute Gasteiger partial charge is 0.358 e. The number of anilines is 1. The van der Waals surface area contributed by atoms with Crippen LogP contribution in [0.3, 0.4) is 0 Å². The van der Waals surface area contributed by atoms with Crippen LogP contribution in [-0.4, -0.2) is 12.8 Å². The monoisotopic (exact) mass is 258 g/mol. The van der Waals surface area contributed by atoms with Crippen molar-refractivity contribution in [3.63, 3.8) is 0 Å². The normalized spacial score (nSPS) is 22.7. The van der Waals surface area contributed by atoms with Gasteiger partial charge in [0.25, 0.3) is 0 Å². The second-order valence-corrected chi connectivity index (χ2v) is 5.56. The summed E-state index contributed by atoms with van der Waals surface area (Å²) < 4.78 is 5.94. The van der Waals surface area contributed by atoms with Crippen molar-refractivity contribution in [3.8, 4) is 0 Å². The zero-order valence-corrected chi connectivity index (χ0v) is 11.6. The minimum Gasteiger partial charge on any atom is -0.358 e. The molecule has 0 spiro atoms. The van der Waals surface area contributed by atoms with E-state index in [-0.39, 0.29) is 6.23 Å². The fourth-order valence-electron chi connectivity index (χ4n) is 3.22. The maximum Gasteiger partial charge on any atom is 0.134 e. The highest BCUT2D eigenvalue weighted by atomic mass is 16.5. The first-order valence-electron chi connectivity index (χ1n) is 7.12. The Kier molecular flexibility index (Phi) is 3.33. The van der Waals surface area contributed by atoms with Gasteiger partial charge in [-0.3, -0.25) is 0 Å². The van der Waals surface area contributed by atoms with Gasteiger partial charge in [-0.05, 0) is 48.9 Å². The molecular weight excluding hydrogens is 236 g/mol. The van der Waals surface area contributed by atoms with Crippen LogP contribution in [0.4, 0.5) is 5.69 Å². The molecule has 0 bridgehead atoms. The Morgan fingerprint density at radius 3 is 2.95 bits per heavy atom. The number of aryl methyl sites for hydroxylation is 1. The number of rotatable bonds is 2. The summed E-state index contributed by atoms with van der Waals surface area (Å²) in [5.74, 6) is 0. The standard InChI is InChI=1S/C16H22N2O/c1-11-7-13(10-17)14-9-12(2)18(15(14)8-11)16-5-3-4-6-19-16/h7-8,16H,2-6,9-10,17H2,1H3. The molecule has 1 aromatic rings. The lowest BCUT2D eigenvalue weighted by atomic mass is 10.0. The number of nitrogens with two attached hydrogens (primary N) is 1. The van der Waals surface area contributed by atoms with Crippen LogP contribution in [0.1, 0.15) is 36.0 Å². The molecule has 0 aliphatic carbocycles. The minimum atomic E-state index is 0.162. The minimum absolute atomic E-state index is 0.162. The number of allylic oxidation sites excluding steroid dienone is 1. The Morgan fingerprint density at radius 1 is 1.42 bits per heavy atom. The fourth-order valence-corrected chi connectivity index (χ4v) is 3.22. The molecule has 0 radical (unpaired) electrons. The van der Waals surface area contributed by atoms with Gasteiger partial charge in [-0.1, -0.05) is 12.6 Å². The molecule has 1 fully saturated rings. The zero-order chi connectivity index (χ0) is 13.4. The van der Waals surface area contributed by atoms with E-state index in [1.807, 2.05) is 0 Å². The Bertz CT molecular complexity index is 504. The summed E-state index contributed by atoms with van der Waals surface area (Å²) in [6, 6.07) is 4.43. The molecule has 2 heterocycles. The van der Waals surface area contributed by atoms with Gasteiger partial charge in [0.1, 0.15) is 6.23 Å². The maximum absolute atomic E-state index is 5.94. The third-order valence-corrected chi connectivity index (χ3v) is 4.11. The lowest BCUT2D eigenvalue weighted by Crippen LogP contribution is -2.37. The van der Waals surface area contributed by atoms with Gasteiger partial charge in [-0.15, -0.1) is 0 Å². The molecule has 2 aliphatic rings. The smallest absolute Gasteiger partial charge is 0.134 e. The van der Waals surface area contributed by atoms with Gasteiger partial charge < -0.3 is 15.4 Å². The quantitative estimate of drug-likeness (QED) is 0.886. The number of hydrogen-bond donors (Lipinski definition) is 1. The van der Waals surface area contributed by atoms with Gasteiger partial charge in [0.2, 0.25) is 0 Å². The fraction of sp³-hybridized carbons (Fsp3) is 0.500. The third kappa shape index (κ3) is 2.17. The van der Waals surface area contributed by atoms with E-state index in [1.165, 1.54) is 35.2 Å². The highest BCUT2D eigenvalue weighted by Crippen LogP contribution is 2.40. The zero-order valence-electron chi connectivity index (χ0n) is 11.6. The lowest BCUT2D eigenvalue weighted by molar-refractivity contribution is 0.0189. The van der Waals surface area contributed by atoms with Crippen LogP contribution in [-0.2, 0) is 17.7 Å². The summed E-state index contributed by atoms with van der Waals surface area (Å²) in [5, 5.41) is 0. The van der Waals surface area contributed by atoms with E-state index in [9.17, 15) is 0 Å². The second-order valence-electron chi connectivity index (χ2n) is 5.56. The Labute approximate surface area is 115 Å². The first kappa shape index (κ1) is 12.7. The molecular formula is C16H22N2O. The van der Waals surface area contributed by atoms with Crippen molar-refractivity contribution in [2.45, 2.75) is 45.4 Å². The Morgan fingerprint density at radius 2 is 2.26 bits per heavy atom. The molecule has 0 amide bonds. The molecule has 1 aromatic carbocycles. The summed E-state index contributed by atoms with van der Waals surface area (Å²) in [7, 11) is 0. The maximum atomic E-state index is 5.94. The molecule has 3 heteroatoms. The third-order valence-electron chi connectivity index (χ3n) is 4.11. The predicted molar refractivity (Wildman–Crippen MR) is 78.0 cm³/mol. The molecule has 3 nitrogen and oxygen atoms in total. The van der Waals surface area contributed by atoms with E-state index in [4.69, 9.17) is 10.5 Å². The van der Waals surface area contributed by atoms with E-state index >= 15 is 0 Å². The van der Waals surface area contributed by atoms with Crippen molar-refractivity contribution < 1.29 is 4.74 Å². The van der Waals surface area contributed by atoms with Crippen molar-refractivity contribution in [2.75, 3.05) is 11.5 Å². The number of benzene rings is 1. The molecule has 19 heavy (non-hydrogen) atoms. The van der Waals surface area contributed by atoms with E-state index in [1.54, 1.807) is 0 Å². The predicted octanol–water partition coefficient (Wildman–Crippen LogP) is 2.86. The van der Waals surface area contributed by atoms with Gasteiger partial charge in [0, 0.05) is 31.0 Å². The average Bonchev–Trinajstić information content (AvgIpc) is 2.75. The molecule has 102 valence electrons. The average molecular weight is 258 g/mol. The molecule has 3 rings (SSSR count).